The molecular formula is C21H18N4O3S. The normalized spacial score (nSPS) is 10.8. The van der Waals surface area contributed by atoms with Crippen molar-refractivity contribution in [2.45, 2.75) is 13.5 Å². The summed E-state index contributed by atoms with van der Waals surface area (Å²) in [5.74, 6) is 0.369. The number of fused-ring (bicyclic) bond motifs is 1. The molecule has 2 heterocycles. The lowest BCUT2D eigenvalue weighted by atomic mass is 10.2. The molecule has 0 atom stereocenters. The highest BCUT2D eigenvalue weighted by atomic mass is 32.1. The zero-order valence-electron chi connectivity index (χ0n) is 15.7. The molecule has 7 nitrogen and oxygen atoms in total. The minimum Gasteiger partial charge on any atom is -0.494 e. The van der Waals surface area contributed by atoms with Crippen molar-refractivity contribution in [2.75, 3.05) is 11.9 Å². The standard InChI is InChI=1S/C21H18N4O3S/c1-2-28-16-10-8-15(9-11-16)22-19(26)13-25-21(27)17-12-18(29-20(17)23-24-25)14-6-4-3-5-7-14/h3-12H,2,13H2,1H3,(H,22,26). The van der Waals surface area contributed by atoms with E-state index in [-0.39, 0.29) is 18.0 Å². The van der Waals surface area contributed by atoms with Crippen molar-refractivity contribution in [3.8, 4) is 16.2 Å². The van der Waals surface area contributed by atoms with Gasteiger partial charge in [-0.2, -0.15) is 0 Å². The van der Waals surface area contributed by atoms with Gasteiger partial charge in [-0.05, 0) is 42.8 Å². The van der Waals surface area contributed by atoms with Crippen LogP contribution in [-0.4, -0.2) is 27.5 Å². The molecule has 1 amide bonds. The van der Waals surface area contributed by atoms with Crippen LogP contribution in [0.25, 0.3) is 20.7 Å². The van der Waals surface area contributed by atoms with Crippen molar-refractivity contribution >= 4 is 33.1 Å². The molecule has 2 aromatic carbocycles. The largest absolute Gasteiger partial charge is 0.494 e. The van der Waals surface area contributed by atoms with E-state index in [1.807, 2.05) is 37.3 Å². The first-order valence-corrected chi connectivity index (χ1v) is 9.91. The molecule has 146 valence electrons. The second-order valence-electron chi connectivity index (χ2n) is 6.25. The number of hydrogen-bond acceptors (Lipinski definition) is 6. The Morgan fingerprint density at radius 2 is 1.90 bits per heavy atom. The second kappa shape index (κ2) is 8.24. The fraction of sp³-hybridized carbons (Fsp3) is 0.143. The highest BCUT2D eigenvalue weighted by Crippen LogP contribution is 2.30. The zero-order chi connectivity index (χ0) is 20.2. The highest BCUT2D eigenvalue weighted by Gasteiger charge is 2.13. The summed E-state index contributed by atoms with van der Waals surface area (Å²) < 4.78 is 6.45. The van der Waals surface area contributed by atoms with E-state index in [4.69, 9.17) is 4.74 Å². The van der Waals surface area contributed by atoms with Gasteiger partial charge in [0.2, 0.25) is 5.91 Å². The summed E-state index contributed by atoms with van der Waals surface area (Å²) in [5.41, 5.74) is 1.28. The maximum Gasteiger partial charge on any atom is 0.279 e. The van der Waals surface area contributed by atoms with Crippen molar-refractivity contribution in [1.29, 1.82) is 0 Å². The number of anilines is 1. The SMILES string of the molecule is CCOc1ccc(NC(=O)Cn2nnc3sc(-c4ccccc4)cc3c2=O)cc1. The van der Waals surface area contributed by atoms with Crippen molar-refractivity contribution in [2.24, 2.45) is 0 Å². The number of aromatic nitrogens is 3. The second-order valence-corrected chi connectivity index (χ2v) is 7.28. The predicted molar refractivity (Wildman–Crippen MR) is 113 cm³/mol. The Balaban J connectivity index is 1.52. The number of hydrogen-bond donors (Lipinski definition) is 1. The van der Waals surface area contributed by atoms with E-state index < -0.39 is 0 Å². The van der Waals surface area contributed by atoms with Crippen molar-refractivity contribution in [3.63, 3.8) is 0 Å². The lowest BCUT2D eigenvalue weighted by Crippen LogP contribution is -2.30. The molecule has 0 aliphatic carbocycles. The van der Waals surface area contributed by atoms with Crippen LogP contribution in [0.15, 0.2) is 65.5 Å². The molecule has 0 spiro atoms. The Morgan fingerprint density at radius 3 is 2.62 bits per heavy atom. The van der Waals surface area contributed by atoms with E-state index in [2.05, 4.69) is 15.6 Å². The Morgan fingerprint density at radius 1 is 1.14 bits per heavy atom. The predicted octanol–water partition coefficient (Wildman–Crippen LogP) is 3.56. The molecule has 4 rings (SSSR count). The summed E-state index contributed by atoms with van der Waals surface area (Å²) >= 11 is 1.40. The Kier molecular flexibility index (Phi) is 5.35. The number of carbonyl (C=O) groups excluding carboxylic acids is 1. The number of rotatable bonds is 6. The summed E-state index contributed by atoms with van der Waals surface area (Å²) in [6.07, 6.45) is 0. The number of nitrogens with one attached hydrogen (secondary N) is 1. The Bertz CT molecular complexity index is 1200. The van der Waals surface area contributed by atoms with Gasteiger partial charge in [0.1, 0.15) is 12.3 Å². The van der Waals surface area contributed by atoms with E-state index in [1.54, 1.807) is 30.3 Å². The van der Waals surface area contributed by atoms with Gasteiger partial charge in [-0.15, -0.1) is 16.4 Å². The van der Waals surface area contributed by atoms with E-state index in [0.29, 0.717) is 22.5 Å². The molecule has 29 heavy (non-hydrogen) atoms. The van der Waals surface area contributed by atoms with Crippen molar-refractivity contribution in [1.82, 2.24) is 15.0 Å². The third kappa shape index (κ3) is 4.17. The van der Waals surface area contributed by atoms with Gasteiger partial charge in [0.05, 0.1) is 12.0 Å². The Labute approximate surface area is 170 Å². The van der Waals surface area contributed by atoms with Crippen LogP contribution in [0.1, 0.15) is 6.92 Å². The number of thiophene rings is 1. The van der Waals surface area contributed by atoms with Crippen LogP contribution in [0.3, 0.4) is 0 Å². The van der Waals surface area contributed by atoms with E-state index in [0.717, 1.165) is 20.9 Å². The molecule has 8 heteroatoms. The minimum atomic E-state index is -0.358. The molecular weight excluding hydrogens is 388 g/mol. The number of nitrogens with zero attached hydrogens (tertiary/aromatic N) is 3. The number of ether oxygens (including phenoxy) is 1. The monoisotopic (exact) mass is 406 g/mol. The van der Waals surface area contributed by atoms with Gasteiger partial charge >= 0.3 is 0 Å². The summed E-state index contributed by atoms with van der Waals surface area (Å²) in [6.45, 7) is 2.26. The third-order valence-corrected chi connectivity index (χ3v) is 5.29. The van der Waals surface area contributed by atoms with E-state index in [9.17, 15) is 9.59 Å². The first kappa shape index (κ1) is 18.8. The lowest BCUT2D eigenvalue weighted by Gasteiger charge is -2.07. The van der Waals surface area contributed by atoms with E-state index in [1.165, 1.54) is 11.3 Å². The smallest absolute Gasteiger partial charge is 0.279 e. The molecule has 0 fully saturated rings. The molecule has 0 aliphatic rings. The minimum absolute atomic E-state index is 0.217. The lowest BCUT2D eigenvalue weighted by molar-refractivity contribution is -0.117. The maximum absolute atomic E-state index is 12.7. The topological polar surface area (TPSA) is 86.1 Å². The molecule has 0 unspecified atom stereocenters. The van der Waals surface area contributed by atoms with Gasteiger partial charge in [0.25, 0.3) is 5.56 Å². The van der Waals surface area contributed by atoms with Crippen molar-refractivity contribution in [3.05, 3.63) is 71.0 Å². The number of amides is 1. The fourth-order valence-electron chi connectivity index (χ4n) is 2.87. The van der Waals surface area contributed by atoms with E-state index >= 15 is 0 Å². The quantitative estimate of drug-likeness (QED) is 0.529. The summed E-state index contributed by atoms with van der Waals surface area (Å²) in [7, 11) is 0. The van der Waals surface area contributed by atoms with Gasteiger partial charge in [-0.25, -0.2) is 4.68 Å². The van der Waals surface area contributed by atoms with Crippen LogP contribution >= 0.6 is 11.3 Å². The zero-order valence-corrected chi connectivity index (χ0v) is 16.5. The van der Waals surface area contributed by atoms with Gasteiger partial charge in [-0.3, -0.25) is 9.59 Å². The van der Waals surface area contributed by atoms with Gasteiger partial charge in [-0.1, -0.05) is 35.5 Å². The number of benzene rings is 2. The molecule has 0 saturated carbocycles. The fourth-order valence-corrected chi connectivity index (χ4v) is 3.84. The van der Waals surface area contributed by atoms with Gasteiger partial charge in [0.15, 0.2) is 4.83 Å². The summed E-state index contributed by atoms with van der Waals surface area (Å²) in [4.78, 5) is 26.6. The average Bonchev–Trinajstić information content (AvgIpc) is 3.18. The summed E-state index contributed by atoms with van der Waals surface area (Å²) in [6, 6.07) is 18.6. The van der Waals surface area contributed by atoms with Gasteiger partial charge < -0.3 is 10.1 Å². The molecule has 4 aromatic rings. The molecule has 0 saturated heterocycles. The first-order valence-electron chi connectivity index (χ1n) is 9.09. The van der Waals surface area contributed by atoms with Crippen LogP contribution in [0.4, 0.5) is 5.69 Å². The first-order chi connectivity index (χ1) is 14.1. The molecule has 0 aliphatic heterocycles. The Hall–Kier alpha value is -3.52. The van der Waals surface area contributed by atoms with Gasteiger partial charge in [0, 0.05) is 10.6 Å². The average molecular weight is 406 g/mol. The molecule has 0 radical (unpaired) electrons. The highest BCUT2D eigenvalue weighted by molar-refractivity contribution is 7.21. The van der Waals surface area contributed by atoms with Crippen LogP contribution < -0.4 is 15.6 Å². The number of carbonyl (C=O) groups is 1. The van der Waals surface area contributed by atoms with Crippen LogP contribution in [0.2, 0.25) is 0 Å². The molecule has 2 aromatic heterocycles. The van der Waals surface area contributed by atoms with Crippen molar-refractivity contribution < 1.29 is 9.53 Å². The van der Waals surface area contributed by atoms with Crippen LogP contribution in [-0.2, 0) is 11.3 Å². The molecule has 1 N–H and O–H groups in total. The molecule has 0 bridgehead atoms. The van der Waals surface area contributed by atoms with Crippen LogP contribution in [0, 0.1) is 0 Å². The van der Waals surface area contributed by atoms with Crippen LogP contribution in [0.5, 0.6) is 5.75 Å². The summed E-state index contributed by atoms with van der Waals surface area (Å²) in [5, 5.41) is 11.2. The third-order valence-electron chi connectivity index (χ3n) is 4.22. The maximum atomic E-state index is 12.7.